The van der Waals surface area contributed by atoms with Crippen LogP contribution < -0.4 is 92.3 Å². The number of benzene rings is 12. The molecule has 0 atom stereocenters. The van der Waals surface area contributed by atoms with Crippen LogP contribution in [0, 0.1) is 0 Å². The zero-order valence-electron chi connectivity index (χ0n) is 69.5. The van der Waals surface area contributed by atoms with Gasteiger partial charge in [-0.25, -0.2) is 8.42 Å². The first-order valence-electron chi connectivity index (χ1n) is 36.8. The minimum atomic E-state index is -4.84. The molecule has 0 unspecified atom stereocenters. The van der Waals surface area contributed by atoms with Crippen molar-refractivity contribution in [3.8, 4) is 86.2 Å². The molecule has 27 nitrogen and oxygen atoms in total. The summed E-state index contributed by atoms with van der Waals surface area (Å²) < 4.78 is 100. The molecule has 0 radical (unpaired) electrons. The first kappa shape index (κ1) is 101. The number of phenols is 8. The van der Waals surface area contributed by atoms with Gasteiger partial charge in [0.15, 0.2) is 34.7 Å². The molecule has 0 saturated heterocycles. The predicted octanol–water partition coefficient (Wildman–Crippen LogP) is 10.2. The van der Waals surface area contributed by atoms with Gasteiger partial charge < -0.3 is 80.0 Å². The maximum Gasteiger partial charge on any atom is 1.00 e. The molecule has 0 spiro atoms. The Hall–Kier alpha value is -12.5. The Bertz CT molecular complexity index is 5640. The Kier molecular flexibility index (Phi) is 40.6. The third-order valence-electron chi connectivity index (χ3n) is 17.7. The topological polar surface area (TPSA) is 440 Å². The fourth-order valence-corrected chi connectivity index (χ4v) is 12.6. The van der Waals surface area contributed by atoms with Gasteiger partial charge in [0, 0.05) is 64.7 Å². The van der Waals surface area contributed by atoms with Gasteiger partial charge in [0.2, 0.25) is 0 Å². The van der Waals surface area contributed by atoms with E-state index in [1.807, 2.05) is 24.3 Å². The predicted molar refractivity (Wildman–Crippen MR) is 448 cm³/mol. The number of ketones is 6. The third kappa shape index (κ3) is 29.1. The average Bonchev–Trinajstić information content (AvgIpc) is 0.985. The van der Waals surface area contributed by atoms with E-state index in [1.54, 1.807) is 127 Å². The number of methoxy groups -OCH3 is 6. The summed E-state index contributed by atoms with van der Waals surface area (Å²) in [6, 6.07) is 66.2. The molecular weight excluding hydrogens is 1650 g/mol. The molecule has 31 heteroatoms. The summed E-state index contributed by atoms with van der Waals surface area (Å²) in [6.45, 7) is 2.85. The minimum Gasteiger partial charge on any atom is -1.00 e. The molecule has 12 aromatic carbocycles. The summed E-state index contributed by atoms with van der Waals surface area (Å²) in [5.41, 5.74) is 2.15. The van der Waals surface area contributed by atoms with Gasteiger partial charge in [0.05, 0.1) is 98.7 Å². The standard InChI is InChI=1S/C21H26O3.C15H14O5.2C14H12O6S.C14H12O4.C14H12O3.2Na.H/c1-2-3-4-5-6-10-15-24-18-13-14-19(20(22)16-18)21(23)17-11-8-7-9-12-17;1-19-9-3-5-11(13(16)7-9)15(18)12-6-4-10(20-2)8-14(12)17;2*1-20-12-8-11(15)10(7-13(12)21(17,18)19)14(16)9-5-3-2-4-6-9;1-18-9-6-7-11(13(16)8-9)14(17)10-4-2-3-5-12(10)15;1-17-11-7-8-12(13(15)9-11)14(16)10-5-3-2-4-6-10;;;/h7-9,11-14,16,22H,2-6,10,15H2,1H3;3-8,16-17H,1-2H3;2*2-8,15H,1H3,(H,17,18,19);2-8,15-16H,1H3;2-9,15H,1H3;;;/q;;;;;;2*+1;-1/p-1. The van der Waals surface area contributed by atoms with Crippen molar-refractivity contribution in [2.75, 3.05) is 49.3 Å². The maximum absolute atomic E-state index is 12.4. The van der Waals surface area contributed by atoms with Gasteiger partial charge in [-0.1, -0.05) is 172 Å². The van der Waals surface area contributed by atoms with E-state index in [1.165, 1.54) is 146 Å². The fourth-order valence-electron chi connectivity index (χ4n) is 11.3. The van der Waals surface area contributed by atoms with Crippen LogP contribution >= 0.6 is 0 Å². The van der Waals surface area contributed by atoms with E-state index in [-0.39, 0.29) is 168 Å². The Morgan fingerprint density at radius 3 is 0.854 bits per heavy atom. The van der Waals surface area contributed by atoms with Crippen LogP contribution in [0.2, 0.25) is 0 Å². The molecule has 0 aliphatic carbocycles. The van der Waals surface area contributed by atoms with E-state index in [9.17, 15) is 91.0 Å². The van der Waals surface area contributed by atoms with E-state index in [2.05, 4.69) is 6.92 Å². The number of rotatable bonds is 28. The van der Waals surface area contributed by atoms with Crippen LogP contribution in [-0.2, 0) is 20.2 Å². The van der Waals surface area contributed by atoms with Crippen LogP contribution in [0.3, 0.4) is 0 Å². The van der Waals surface area contributed by atoms with Gasteiger partial charge in [-0.3, -0.25) is 33.3 Å². The zero-order valence-corrected chi connectivity index (χ0v) is 74.1. The van der Waals surface area contributed by atoms with Crippen molar-refractivity contribution in [1.29, 1.82) is 0 Å². The number of carbonyl (C=O) groups is 6. The molecule has 12 rings (SSSR count). The monoisotopic (exact) mass is 1730 g/mol. The summed E-state index contributed by atoms with van der Waals surface area (Å²) in [6.07, 6.45) is 7.25. The van der Waals surface area contributed by atoms with Crippen molar-refractivity contribution in [2.45, 2.75) is 55.2 Å². The second-order valence-electron chi connectivity index (χ2n) is 25.8. The summed E-state index contributed by atoms with van der Waals surface area (Å²) in [5.74, 6) is -2.28. The second kappa shape index (κ2) is 49.4. The van der Waals surface area contributed by atoms with E-state index in [0.717, 1.165) is 44.2 Å². The molecule has 12 aromatic rings. The smallest absolute Gasteiger partial charge is 1.00 e. The molecule has 0 aliphatic rings. The molecule has 123 heavy (non-hydrogen) atoms. The molecular formula is C92H88Na2O27S2. The number of para-hydroxylation sites is 1. The summed E-state index contributed by atoms with van der Waals surface area (Å²) >= 11 is 0. The van der Waals surface area contributed by atoms with Crippen LogP contribution in [-0.4, -0.2) is 151 Å². The summed E-state index contributed by atoms with van der Waals surface area (Å²) in [7, 11) is -1.18. The van der Waals surface area contributed by atoms with Gasteiger partial charge >= 0.3 is 59.1 Å². The maximum atomic E-state index is 12.4. The molecule has 9 N–H and O–H groups in total. The van der Waals surface area contributed by atoms with Gasteiger partial charge in [-0.05, 0) is 91.3 Å². The molecule has 0 bridgehead atoms. The SMILES string of the molecule is CCCCCCCCOc1ccc(C(=O)c2ccccc2)c(O)c1.COc1cc(O)c(C(=O)c2ccccc2)cc1S(=O)(=O)O.COc1cc(O)c(C(=O)c2ccccc2)cc1S(=O)(=O)[O-].COc1ccc(C(=O)c2ccc(OC)cc2O)c(O)c1.COc1ccc(C(=O)c2ccccc2)c(O)c1.COc1ccc(C(=O)c2ccccc2O)c(O)c1.[H-].[Na+].[Na+]. The van der Waals surface area contributed by atoms with Crippen molar-refractivity contribution >= 4 is 54.9 Å². The fraction of sp³-hybridized carbons (Fsp3) is 0.152. The zero-order chi connectivity index (χ0) is 88.5. The van der Waals surface area contributed by atoms with Crippen molar-refractivity contribution < 1.29 is 189 Å². The van der Waals surface area contributed by atoms with Crippen LogP contribution in [0.4, 0.5) is 0 Å². The first-order chi connectivity index (χ1) is 57.8. The number of hydrogen-bond donors (Lipinski definition) is 9. The van der Waals surface area contributed by atoms with E-state index < -0.39 is 64.7 Å². The van der Waals surface area contributed by atoms with Crippen LogP contribution in [0.5, 0.6) is 86.2 Å². The molecule has 0 fully saturated rings. The van der Waals surface area contributed by atoms with Gasteiger partial charge in [0.1, 0.15) is 101 Å². The molecule has 632 valence electrons. The van der Waals surface area contributed by atoms with Crippen LogP contribution in [0.1, 0.15) is 142 Å². The third-order valence-corrected chi connectivity index (χ3v) is 19.4. The number of unbranched alkanes of at least 4 members (excludes halogenated alkanes) is 5. The van der Waals surface area contributed by atoms with Gasteiger partial charge in [-0.15, -0.1) is 0 Å². The van der Waals surface area contributed by atoms with Gasteiger partial charge in [0.25, 0.3) is 10.1 Å². The molecule has 0 aliphatic heterocycles. The van der Waals surface area contributed by atoms with Crippen LogP contribution in [0.25, 0.3) is 0 Å². The van der Waals surface area contributed by atoms with E-state index in [4.69, 9.17) is 37.7 Å². The Morgan fingerprint density at radius 1 is 0.293 bits per heavy atom. The quantitative estimate of drug-likeness (QED) is 0.00952. The molecule has 0 heterocycles. The Labute approximate surface area is 756 Å². The molecule has 0 amide bonds. The number of aromatic hydroxyl groups is 8. The summed E-state index contributed by atoms with van der Waals surface area (Å²) in [5, 5.41) is 78.6. The van der Waals surface area contributed by atoms with Crippen molar-refractivity contribution in [1.82, 2.24) is 0 Å². The minimum absolute atomic E-state index is 0. The normalized spacial score (nSPS) is 10.3. The van der Waals surface area contributed by atoms with E-state index >= 15 is 0 Å². The van der Waals surface area contributed by atoms with Crippen molar-refractivity contribution in [3.05, 3.63) is 328 Å². The Morgan fingerprint density at radius 2 is 0.553 bits per heavy atom. The average molecular weight is 1740 g/mol. The molecule has 0 aromatic heterocycles. The number of ether oxygens (including phenoxy) is 7. The second-order valence-corrected chi connectivity index (χ2v) is 28.5. The van der Waals surface area contributed by atoms with Crippen LogP contribution in [0.15, 0.2) is 271 Å². The van der Waals surface area contributed by atoms with Crippen molar-refractivity contribution in [2.24, 2.45) is 0 Å². The number of carbonyl (C=O) groups excluding carboxylic acids is 6. The Balaban J connectivity index is 0.000000312. The summed E-state index contributed by atoms with van der Waals surface area (Å²) in [4.78, 5) is 72.1. The van der Waals surface area contributed by atoms with E-state index in [0.29, 0.717) is 52.0 Å². The van der Waals surface area contributed by atoms with Crippen molar-refractivity contribution in [3.63, 3.8) is 0 Å². The number of phenolic OH excluding ortho intramolecular Hbond substituents is 8. The first-order valence-corrected chi connectivity index (χ1v) is 39.6. The number of hydrogen-bond acceptors (Lipinski definition) is 26. The van der Waals surface area contributed by atoms with Gasteiger partial charge in [-0.2, -0.15) is 8.42 Å². The largest absolute Gasteiger partial charge is 1.00 e. The molecule has 0 saturated carbocycles.